The van der Waals surface area contributed by atoms with Crippen LogP contribution in [-0.2, 0) is 4.79 Å². The van der Waals surface area contributed by atoms with Gasteiger partial charge in [0.15, 0.2) is 0 Å². The van der Waals surface area contributed by atoms with Crippen molar-refractivity contribution in [2.75, 3.05) is 16.8 Å². The summed E-state index contributed by atoms with van der Waals surface area (Å²) in [6.45, 7) is 2.62. The summed E-state index contributed by atoms with van der Waals surface area (Å²) in [7, 11) is 0. The summed E-state index contributed by atoms with van der Waals surface area (Å²) in [6.07, 6.45) is 4.21. The Balaban J connectivity index is 1.65. The first-order valence-electron chi connectivity index (χ1n) is 10.1. The van der Waals surface area contributed by atoms with Crippen LogP contribution in [-0.4, -0.2) is 23.3 Å². The van der Waals surface area contributed by atoms with Gasteiger partial charge in [-0.3, -0.25) is 14.6 Å². The van der Waals surface area contributed by atoms with Crippen LogP contribution in [0.2, 0.25) is 5.02 Å². The molecule has 0 saturated heterocycles. The van der Waals surface area contributed by atoms with E-state index in [4.69, 9.17) is 17.3 Å². The Kier molecular flexibility index (Phi) is 7.76. The molecule has 31 heavy (non-hydrogen) atoms. The minimum Gasteiger partial charge on any atom is -0.324 e. The predicted octanol–water partition coefficient (Wildman–Crippen LogP) is 4.82. The standard InChI is InChI=1S/C24H25ClN4O2/c1-2-15-29(21-9-7-19(25)8-10-21)23(30)16-22(26)17-3-5-18(6-4-17)24(31)28-20-11-13-27-14-12-20/h3-14,22H,2,15-16,26H2,1H3,(H,27,28,31). The number of carbonyl (C=O) groups is 2. The number of nitrogens with two attached hydrogens (primary N) is 1. The van der Waals surface area contributed by atoms with Crippen molar-refractivity contribution in [1.82, 2.24) is 4.98 Å². The third-order valence-electron chi connectivity index (χ3n) is 4.82. The highest BCUT2D eigenvalue weighted by Crippen LogP contribution is 2.22. The average molecular weight is 437 g/mol. The number of benzene rings is 2. The summed E-state index contributed by atoms with van der Waals surface area (Å²) in [5.74, 6) is -0.282. The fourth-order valence-corrected chi connectivity index (χ4v) is 3.30. The normalized spacial score (nSPS) is 11.6. The van der Waals surface area contributed by atoms with Gasteiger partial charge in [0.05, 0.1) is 0 Å². The number of rotatable bonds is 8. The van der Waals surface area contributed by atoms with Crippen LogP contribution >= 0.6 is 11.6 Å². The average Bonchev–Trinajstić information content (AvgIpc) is 2.79. The van der Waals surface area contributed by atoms with Crippen molar-refractivity contribution < 1.29 is 9.59 Å². The Hall–Kier alpha value is -3.22. The van der Waals surface area contributed by atoms with Gasteiger partial charge in [-0.2, -0.15) is 0 Å². The van der Waals surface area contributed by atoms with Crippen LogP contribution in [0.25, 0.3) is 0 Å². The molecule has 0 aliphatic carbocycles. The molecule has 1 unspecified atom stereocenters. The van der Waals surface area contributed by atoms with Gasteiger partial charge in [-0.1, -0.05) is 30.7 Å². The van der Waals surface area contributed by atoms with Crippen LogP contribution in [0.5, 0.6) is 0 Å². The number of hydrogen-bond donors (Lipinski definition) is 2. The van der Waals surface area contributed by atoms with E-state index < -0.39 is 6.04 Å². The maximum Gasteiger partial charge on any atom is 0.255 e. The molecule has 0 bridgehead atoms. The molecular weight excluding hydrogens is 412 g/mol. The molecule has 2 aromatic carbocycles. The smallest absolute Gasteiger partial charge is 0.255 e. The Bertz CT molecular complexity index is 1010. The first-order valence-corrected chi connectivity index (χ1v) is 10.5. The maximum atomic E-state index is 12.9. The van der Waals surface area contributed by atoms with Crippen molar-refractivity contribution in [3.05, 3.63) is 89.2 Å². The van der Waals surface area contributed by atoms with E-state index in [2.05, 4.69) is 10.3 Å². The van der Waals surface area contributed by atoms with Crippen molar-refractivity contribution in [3.63, 3.8) is 0 Å². The minimum atomic E-state index is -0.475. The number of halogens is 1. The number of nitrogens with one attached hydrogen (secondary N) is 1. The third-order valence-corrected chi connectivity index (χ3v) is 5.07. The van der Waals surface area contributed by atoms with E-state index in [0.29, 0.717) is 22.8 Å². The quantitative estimate of drug-likeness (QED) is 0.529. The van der Waals surface area contributed by atoms with Gasteiger partial charge in [-0.05, 0) is 60.5 Å². The summed E-state index contributed by atoms with van der Waals surface area (Å²) in [5.41, 5.74) is 9.07. The van der Waals surface area contributed by atoms with Gasteiger partial charge >= 0.3 is 0 Å². The maximum absolute atomic E-state index is 12.9. The second kappa shape index (κ2) is 10.7. The highest BCUT2D eigenvalue weighted by Gasteiger charge is 2.19. The first-order chi connectivity index (χ1) is 15.0. The van der Waals surface area contributed by atoms with Crippen LogP contribution in [0, 0.1) is 0 Å². The zero-order valence-corrected chi connectivity index (χ0v) is 18.0. The van der Waals surface area contributed by atoms with E-state index in [-0.39, 0.29) is 18.2 Å². The van der Waals surface area contributed by atoms with Gasteiger partial charge in [-0.15, -0.1) is 0 Å². The second-order valence-electron chi connectivity index (χ2n) is 7.14. The monoisotopic (exact) mass is 436 g/mol. The number of nitrogens with zero attached hydrogens (tertiary/aromatic N) is 2. The fourth-order valence-electron chi connectivity index (χ4n) is 3.18. The van der Waals surface area contributed by atoms with Gasteiger partial charge in [-0.25, -0.2) is 0 Å². The Morgan fingerprint density at radius 3 is 2.29 bits per heavy atom. The van der Waals surface area contributed by atoms with Gasteiger partial charge < -0.3 is 16.0 Å². The Morgan fingerprint density at radius 2 is 1.68 bits per heavy atom. The number of anilines is 2. The summed E-state index contributed by atoms with van der Waals surface area (Å²) >= 11 is 5.96. The highest BCUT2D eigenvalue weighted by atomic mass is 35.5. The van der Waals surface area contributed by atoms with E-state index in [0.717, 1.165) is 17.7 Å². The summed E-state index contributed by atoms with van der Waals surface area (Å²) in [6, 6.07) is 17.1. The van der Waals surface area contributed by atoms with Gasteiger partial charge in [0.2, 0.25) is 5.91 Å². The van der Waals surface area contributed by atoms with Crippen LogP contribution < -0.4 is 16.0 Å². The molecule has 1 atom stereocenters. The van der Waals surface area contributed by atoms with Crippen molar-refractivity contribution in [1.29, 1.82) is 0 Å². The summed E-state index contributed by atoms with van der Waals surface area (Å²) in [4.78, 5) is 31.0. The van der Waals surface area contributed by atoms with Crippen molar-refractivity contribution >= 4 is 34.8 Å². The molecule has 0 saturated carbocycles. The predicted molar refractivity (Wildman–Crippen MR) is 124 cm³/mol. The zero-order valence-electron chi connectivity index (χ0n) is 17.3. The van der Waals surface area contributed by atoms with E-state index in [1.807, 2.05) is 19.1 Å². The first kappa shape index (κ1) is 22.5. The van der Waals surface area contributed by atoms with Gasteiger partial charge in [0.1, 0.15) is 0 Å². The molecule has 2 amide bonds. The van der Waals surface area contributed by atoms with Crippen molar-refractivity contribution in [2.24, 2.45) is 5.73 Å². The molecule has 0 fully saturated rings. The van der Waals surface area contributed by atoms with E-state index >= 15 is 0 Å². The molecule has 1 aromatic heterocycles. The fraction of sp³-hybridized carbons (Fsp3) is 0.208. The van der Waals surface area contributed by atoms with Crippen molar-refractivity contribution in [2.45, 2.75) is 25.8 Å². The molecule has 7 heteroatoms. The van der Waals surface area contributed by atoms with Crippen LogP contribution in [0.3, 0.4) is 0 Å². The number of pyridine rings is 1. The van der Waals surface area contributed by atoms with Gasteiger partial charge in [0.25, 0.3) is 5.91 Å². The lowest BCUT2D eigenvalue weighted by Crippen LogP contribution is -2.34. The lowest BCUT2D eigenvalue weighted by Gasteiger charge is -2.24. The van der Waals surface area contributed by atoms with E-state index in [1.165, 1.54) is 0 Å². The number of aromatic nitrogens is 1. The van der Waals surface area contributed by atoms with E-state index in [9.17, 15) is 9.59 Å². The van der Waals surface area contributed by atoms with Crippen LogP contribution in [0.4, 0.5) is 11.4 Å². The number of amides is 2. The summed E-state index contributed by atoms with van der Waals surface area (Å²) in [5, 5.41) is 3.43. The second-order valence-corrected chi connectivity index (χ2v) is 7.58. The van der Waals surface area contributed by atoms with E-state index in [1.54, 1.807) is 65.8 Å². The zero-order chi connectivity index (χ0) is 22.2. The molecular formula is C24H25ClN4O2. The molecule has 3 aromatic rings. The van der Waals surface area contributed by atoms with Gasteiger partial charge in [0, 0.05) is 53.4 Å². The molecule has 0 aliphatic heterocycles. The van der Waals surface area contributed by atoms with Crippen LogP contribution in [0.1, 0.15) is 41.7 Å². The molecule has 0 aliphatic rings. The lowest BCUT2D eigenvalue weighted by atomic mass is 10.0. The largest absolute Gasteiger partial charge is 0.324 e. The van der Waals surface area contributed by atoms with Crippen LogP contribution in [0.15, 0.2) is 73.1 Å². The lowest BCUT2D eigenvalue weighted by molar-refractivity contribution is -0.119. The Labute approximate surface area is 187 Å². The number of hydrogen-bond acceptors (Lipinski definition) is 4. The molecule has 3 rings (SSSR count). The third kappa shape index (κ3) is 6.13. The highest BCUT2D eigenvalue weighted by molar-refractivity contribution is 6.30. The molecule has 0 radical (unpaired) electrons. The molecule has 6 nitrogen and oxygen atoms in total. The van der Waals surface area contributed by atoms with Crippen molar-refractivity contribution in [3.8, 4) is 0 Å². The minimum absolute atomic E-state index is 0.0591. The number of carbonyl (C=O) groups excluding carboxylic acids is 2. The molecule has 160 valence electrons. The molecule has 3 N–H and O–H groups in total. The SMILES string of the molecule is CCCN(C(=O)CC(N)c1ccc(C(=O)Nc2ccncc2)cc1)c1ccc(Cl)cc1. The topological polar surface area (TPSA) is 88.3 Å². The summed E-state index contributed by atoms with van der Waals surface area (Å²) < 4.78 is 0. The molecule has 1 heterocycles. The Morgan fingerprint density at radius 1 is 1.03 bits per heavy atom. The molecule has 0 spiro atoms.